The molecule has 1 heterocycles. The molecular weight excluding hydrogens is 388 g/mol. The molecule has 0 radical (unpaired) electrons. The number of carbonyl (C=O) groups excluding carboxylic acids is 1. The molecule has 1 saturated heterocycles. The maximum atomic E-state index is 12.9. The van der Waals surface area contributed by atoms with E-state index in [4.69, 9.17) is 4.74 Å². The third-order valence-corrected chi connectivity index (χ3v) is 7.09. The summed E-state index contributed by atoms with van der Waals surface area (Å²) in [6, 6.07) is 12.1. The van der Waals surface area contributed by atoms with Crippen LogP contribution in [0.1, 0.15) is 54.2 Å². The normalized spacial score (nSPS) is 15.8. The van der Waals surface area contributed by atoms with Crippen molar-refractivity contribution in [2.45, 2.75) is 44.6 Å². The lowest BCUT2D eigenvalue weighted by molar-refractivity contribution is 0.0939. The second-order valence-electron chi connectivity index (χ2n) is 7.29. The smallest absolute Gasteiger partial charge is 0.252 e. The third-order valence-electron chi connectivity index (χ3n) is 5.20. The van der Waals surface area contributed by atoms with Crippen molar-refractivity contribution in [3.63, 3.8) is 0 Å². The topological polar surface area (TPSA) is 75.7 Å². The third kappa shape index (κ3) is 4.79. The quantitative estimate of drug-likeness (QED) is 0.747. The molecule has 1 aliphatic heterocycles. The van der Waals surface area contributed by atoms with E-state index in [1.807, 2.05) is 45.0 Å². The van der Waals surface area contributed by atoms with Crippen molar-refractivity contribution in [3.05, 3.63) is 59.2 Å². The first kappa shape index (κ1) is 21.3. The number of ether oxygens (including phenoxy) is 1. The van der Waals surface area contributed by atoms with Crippen LogP contribution in [-0.4, -0.2) is 38.3 Å². The highest BCUT2D eigenvalue weighted by atomic mass is 32.2. The lowest BCUT2D eigenvalue weighted by atomic mass is 10.1. The van der Waals surface area contributed by atoms with Gasteiger partial charge in [-0.05, 0) is 69.0 Å². The lowest BCUT2D eigenvalue weighted by Gasteiger charge is -2.18. The minimum atomic E-state index is -3.56. The van der Waals surface area contributed by atoms with Crippen LogP contribution in [0.25, 0.3) is 0 Å². The van der Waals surface area contributed by atoms with Crippen molar-refractivity contribution >= 4 is 15.9 Å². The summed E-state index contributed by atoms with van der Waals surface area (Å²) < 4.78 is 32.6. The first-order chi connectivity index (χ1) is 13.8. The molecule has 6 nitrogen and oxygen atoms in total. The molecule has 3 rings (SSSR count). The van der Waals surface area contributed by atoms with Gasteiger partial charge in [-0.2, -0.15) is 4.31 Å². The average Bonchev–Trinajstić information content (AvgIpc) is 3.24. The number of nitrogens with zero attached hydrogens (tertiary/aromatic N) is 1. The van der Waals surface area contributed by atoms with E-state index in [2.05, 4.69) is 5.32 Å². The van der Waals surface area contributed by atoms with Crippen LogP contribution in [0.15, 0.2) is 47.4 Å². The van der Waals surface area contributed by atoms with E-state index in [-0.39, 0.29) is 16.8 Å². The molecular formula is C22H28N2O4S. The molecule has 0 aliphatic carbocycles. The summed E-state index contributed by atoms with van der Waals surface area (Å²) in [7, 11) is -3.56. The summed E-state index contributed by atoms with van der Waals surface area (Å²) in [6.07, 6.45) is 1.75. The number of sulfonamides is 1. The van der Waals surface area contributed by atoms with Crippen LogP contribution in [-0.2, 0) is 10.0 Å². The molecule has 0 bridgehead atoms. The number of hydrogen-bond acceptors (Lipinski definition) is 4. The molecule has 29 heavy (non-hydrogen) atoms. The number of benzene rings is 2. The first-order valence-electron chi connectivity index (χ1n) is 9.97. The van der Waals surface area contributed by atoms with Crippen LogP contribution in [0.2, 0.25) is 0 Å². The van der Waals surface area contributed by atoms with Gasteiger partial charge in [0.15, 0.2) is 0 Å². The van der Waals surface area contributed by atoms with E-state index >= 15 is 0 Å². The molecule has 7 heteroatoms. The molecule has 0 spiro atoms. The molecule has 1 aliphatic rings. The molecule has 156 valence electrons. The van der Waals surface area contributed by atoms with E-state index in [0.29, 0.717) is 25.3 Å². The Bertz CT molecular complexity index is 965. The zero-order valence-electron chi connectivity index (χ0n) is 17.1. The van der Waals surface area contributed by atoms with E-state index in [1.165, 1.54) is 10.4 Å². The fourth-order valence-corrected chi connectivity index (χ4v) is 5.00. The maximum absolute atomic E-state index is 12.9. The maximum Gasteiger partial charge on any atom is 0.252 e. The van der Waals surface area contributed by atoms with Crippen LogP contribution >= 0.6 is 0 Å². The molecule has 1 atom stereocenters. The lowest BCUT2D eigenvalue weighted by Crippen LogP contribution is -2.29. The highest BCUT2D eigenvalue weighted by molar-refractivity contribution is 7.89. The summed E-state index contributed by atoms with van der Waals surface area (Å²) in [5.41, 5.74) is 2.06. The first-order valence-corrected chi connectivity index (χ1v) is 11.4. The molecule has 1 N–H and O–H groups in total. The zero-order chi connectivity index (χ0) is 21.0. The number of aryl methyl sites for hydroxylation is 1. The summed E-state index contributed by atoms with van der Waals surface area (Å²) in [6.45, 7) is 7.30. The molecule has 1 unspecified atom stereocenters. The minimum Gasteiger partial charge on any atom is -0.494 e. The van der Waals surface area contributed by atoms with Crippen molar-refractivity contribution in [2.75, 3.05) is 19.7 Å². The van der Waals surface area contributed by atoms with Gasteiger partial charge < -0.3 is 10.1 Å². The Kier molecular flexibility index (Phi) is 6.59. The monoisotopic (exact) mass is 416 g/mol. The van der Waals surface area contributed by atoms with Gasteiger partial charge in [-0.15, -0.1) is 0 Å². The van der Waals surface area contributed by atoms with Crippen LogP contribution in [0, 0.1) is 6.92 Å². The Morgan fingerprint density at radius 2 is 1.79 bits per heavy atom. The van der Waals surface area contributed by atoms with Crippen LogP contribution in [0.3, 0.4) is 0 Å². The van der Waals surface area contributed by atoms with Crippen molar-refractivity contribution in [1.29, 1.82) is 0 Å². The zero-order valence-corrected chi connectivity index (χ0v) is 18.0. The second kappa shape index (κ2) is 8.97. The number of amides is 1. The van der Waals surface area contributed by atoms with Crippen molar-refractivity contribution in [1.82, 2.24) is 9.62 Å². The Hall–Kier alpha value is -2.38. The van der Waals surface area contributed by atoms with Gasteiger partial charge >= 0.3 is 0 Å². The molecule has 0 saturated carbocycles. The van der Waals surface area contributed by atoms with Gasteiger partial charge in [0.05, 0.1) is 17.5 Å². The summed E-state index contributed by atoms with van der Waals surface area (Å²) >= 11 is 0. The summed E-state index contributed by atoms with van der Waals surface area (Å²) in [4.78, 5) is 13.0. The van der Waals surface area contributed by atoms with Gasteiger partial charge in [-0.25, -0.2) is 8.42 Å². The van der Waals surface area contributed by atoms with Crippen LogP contribution in [0.5, 0.6) is 5.75 Å². The molecule has 0 aromatic heterocycles. The van der Waals surface area contributed by atoms with E-state index < -0.39 is 10.0 Å². The van der Waals surface area contributed by atoms with E-state index in [0.717, 1.165) is 29.7 Å². The van der Waals surface area contributed by atoms with Crippen molar-refractivity contribution < 1.29 is 17.9 Å². The minimum absolute atomic E-state index is 0.170. The molecule has 1 fully saturated rings. The van der Waals surface area contributed by atoms with Gasteiger partial charge in [0, 0.05) is 18.7 Å². The summed E-state index contributed by atoms with van der Waals surface area (Å²) in [5.74, 6) is 0.493. The SMILES string of the molecule is CCOc1ccc(C(C)NC(=O)c2cc(S(=O)(=O)N3CCCC3)ccc2C)cc1. The number of nitrogens with one attached hydrogen (secondary N) is 1. The fourth-order valence-electron chi connectivity index (χ4n) is 3.46. The Morgan fingerprint density at radius 3 is 2.41 bits per heavy atom. The Morgan fingerprint density at radius 1 is 1.14 bits per heavy atom. The standard InChI is InChI=1S/C22H28N2O4S/c1-4-28-19-10-8-18(9-11-19)17(3)23-22(25)21-15-20(12-7-16(21)2)29(26,27)24-13-5-6-14-24/h7-12,15,17H,4-6,13-14H2,1-3H3,(H,23,25). The highest BCUT2D eigenvalue weighted by Gasteiger charge is 2.28. The Labute approximate surface area is 172 Å². The van der Waals surface area contributed by atoms with Gasteiger partial charge in [-0.1, -0.05) is 18.2 Å². The predicted molar refractivity (Wildman–Crippen MR) is 113 cm³/mol. The largest absolute Gasteiger partial charge is 0.494 e. The predicted octanol–water partition coefficient (Wildman–Crippen LogP) is 3.67. The van der Waals surface area contributed by atoms with Crippen LogP contribution < -0.4 is 10.1 Å². The van der Waals surface area contributed by atoms with E-state index in [9.17, 15) is 13.2 Å². The molecule has 1 amide bonds. The second-order valence-corrected chi connectivity index (χ2v) is 9.22. The number of rotatable bonds is 7. The summed E-state index contributed by atoms with van der Waals surface area (Å²) in [5, 5.41) is 2.96. The number of hydrogen-bond donors (Lipinski definition) is 1. The van der Waals surface area contributed by atoms with Gasteiger partial charge in [0.1, 0.15) is 5.75 Å². The van der Waals surface area contributed by atoms with Gasteiger partial charge in [0.25, 0.3) is 5.91 Å². The van der Waals surface area contributed by atoms with Gasteiger partial charge in [0.2, 0.25) is 10.0 Å². The van der Waals surface area contributed by atoms with Crippen molar-refractivity contribution in [2.24, 2.45) is 0 Å². The average molecular weight is 417 g/mol. The van der Waals surface area contributed by atoms with Crippen LogP contribution in [0.4, 0.5) is 0 Å². The van der Waals surface area contributed by atoms with Gasteiger partial charge in [-0.3, -0.25) is 4.79 Å². The Balaban J connectivity index is 1.78. The fraction of sp³-hybridized carbons (Fsp3) is 0.409. The highest BCUT2D eigenvalue weighted by Crippen LogP contribution is 2.24. The molecule has 2 aromatic carbocycles. The van der Waals surface area contributed by atoms with Crippen molar-refractivity contribution in [3.8, 4) is 5.75 Å². The van der Waals surface area contributed by atoms with E-state index in [1.54, 1.807) is 12.1 Å². The molecule has 2 aromatic rings. The number of carbonyl (C=O) groups is 1.